The van der Waals surface area contributed by atoms with Crippen molar-refractivity contribution < 1.29 is 0 Å². The molecule has 3 rings (SSSR count). The highest BCUT2D eigenvalue weighted by molar-refractivity contribution is 5.85. The third kappa shape index (κ3) is 3.59. The summed E-state index contributed by atoms with van der Waals surface area (Å²) in [5, 5.41) is 0. The van der Waals surface area contributed by atoms with Gasteiger partial charge in [0.1, 0.15) is 0 Å². The van der Waals surface area contributed by atoms with Crippen LogP contribution in [0.3, 0.4) is 0 Å². The number of anilines is 2. The first-order valence-electron chi connectivity index (χ1n) is 6.50. The summed E-state index contributed by atoms with van der Waals surface area (Å²) in [6.45, 7) is 2.11. The first-order valence-corrected chi connectivity index (χ1v) is 6.50. The average molecular weight is 311 g/mol. The van der Waals surface area contributed by atoms with Crippen LogP contribution < -0.4 is 10.6 Å². The van der Waals surface area contributed by atoms with E-state index < -0.39 is 0 Å². The number of fused-ring (bicyclic) bond motifs is 1. The molecule has 0 spiro atoms. The molecule has 2 nitrogen and oxygen atoms in total. The second kappa shape index (κ2) is 7.41. The standard InChI is InChI=1S/C16H18N2.2ClH/c17-15-8-9-16-14(11-15)7-4-10-18(16)12-13-5-2-1-3-6-13;;/h1-3,5-6,8-9,11H,4,7,10,12,17H2;2*1H. The van der Waals surface area contributed by atoms with Gasteiger partial charge in [-0.2, -0.15) is 0 Å². The average Bonchev–Trinajstić information content (AvgIpc) is 2.40. The van der Waals surface area contributed by atoms with Crippen LogP contribution in [0.5, 0.6) is 0 Å². The van der Waals surface area contributed by atoms with Gasteiger partial charge in [0.15, 0.2) is 0 Å². The molecule has 1 aliphatic rings. The molecule has 2 N–H and O–H groups in total. The Kier molecular flexibility index (Phi) is 6.18. The van der Waals surface area contributed by atoms with Gasteiger partial charge in [-0.15, -0.1) is 24.8 Å². The van der Waals surface area contributed by atoms with Crippen molar-refractivity contribution in [2.75, 3.05) is 17.2 Å². The fraction of sp³-hybridized carbons (Fsp3) is 0.250. The molecule has 0 saturated heterocycles. The van der Waals surface area contributed by atoms with Crippen LogP contribution in [0.15, 0.2) is 48.5 Å². The molecule has 0 aromatic heterocycles. The zero-order valence-electron chi connectivity index (χ0n) is 11.3. The number of rotatable bonds is 2. The maximum Gasteiger partial charge on any atom is 0.0429 e. The molecule has 0 unspecified atom stereocenters. The summed E-state index contributed by atoms with van der Waals surface area (Å²) < 4.78 is 0. The van der Waals surface area contributed by atoms with E-state index in [2.05, 4.69) is 47.4 Å². The summed E-state index contributed by atoms with van der Waals surface area (Å²) in [5.41, 5.74) is 10.8. The van der Waals surface area contributed by atoms with E-state index in [1.165, 1.54) is 23.2 Å². The molecule has 2 aromatic rings. The largest absolute Gasteiger partial charge is 0.399 e. The summed E-state index contributed by atoms with van der Waals surface area (Å²) in [4.78, 5) is 2.45. The van der Waals surface area contributed by atoms with Crippen molar-refractivity contribution in [3.8, 4) is 0 Å². The topological polar surface area (TPSA) is 29.3 Å². The van der Waals surface area contributed by atoms with Crippen LogP contribution in [0.1, 0.15) is 17.5 Å². The van der Waals surface area contributed by atoms with Crippen molar-refractivity contribution in [2.24, 2.45) is 0 Å². The molecule has 0 saturated carbocycles. The fourth-order valence-corrected chi connectivity index (χ4v) is 2.66. The minimum absolute atomic E-state index is 0. The second-order valence-electron chi connectivity index (χ2n) is 4.90. The van der Waals surface area contributed by atoms with Crippen molar-refractivity contribution in [1.29, 1.82) is 0 Å². The van der Waals surface area contributed by atoms with Crippen LogP contribution >= 0.6 is 24.8 Å². The number of benzene rings is 2. The highest BCUT2D eigenvalue weighted by atomic mass is 35.5. The lowest BCUT2D eigenvalue weighted by atomic mass is 10.0. The van der Waals surface area contributed by atoms with Gasteiger partial charge in [0.25, 0.3) is 0 Å². The van der Waals surface area contributed by atoms with E-state index in [4.69, 9.17) is 5.73 Å². The highest BCUT2D eigenvalue weighted by Gasteiger charge is 2.16. The summed E-state index contributed by atoms with van der Waals surface area (Å²) in [7, 11) is 0. The van der Waals surface area contributed by atoms with E-state index >= 15 is 0 Å². The van der Waals surface area contributed by atoms with Crippen LogP contribution in [0, 0.1) is 0 Å². The molecule has 20 heavy (non-hydrogen) atoms. The number of halogens is 2. The van der Waals surface area contributed by atoms with E-state index in [1.54, 1.807) is 0 Å². The van der Waals surface area contributed by atoms with Gasteiger partial charge in [0, 0.05) is 24.5 Å². The molecule has 2 aromatic carbocycles. The van der Waals surface area contributed by atoms with Gasteiger partial charge in [-0.05, 0) is 42.2 Å². The van der Waals surface area contributed by atoms with Gasteiger partial charge < -0.3 is 10.6 Å². The van der Waals surface area contributed by atoms with Gasteiger partial charge >= 0.3 is 0 Å². The lowest BCUT2D eigenvalue weighted by molar-refractivity contribution is 0.691. The SMILES string of the molecule is Cl.Cl.Nc1ccc2c(c1)CCCN2Cc1ccccc1. The second-order valence-corrected chi connectivity index (χ2v) is 4.90. The molecule has 0 atom stereocenters. The maximum absolute atomic E-state index is 5.86. The van der Waals surface area contributed by atoms with Gasteiger partial charge in [-0.3, -0.25) is 0 Å². The molecule has 0 radical (unpaired) electrons. The molecule has 0 aliphatic carbocycles. The normalized spacial score (nSPS) is 12.9. The smallest absolute Gasteiger partial charge is 0.0429 e. The number of hydrogen-bond donors (Lipinski definition) is 1. The summed E-state index contributed by atoms with van der Waals surface area (Å²) in [6, 6.07) is 16.9. The molecule has 4 heteroatoms. The van der Waals surface area contributed by atoms with Crippen molar-refractivity contribution >= 4 is 36.2 Å². The Morgan fingerprint density at radius 2 is 1.75 bits per heavy atom. The molecule has 0 fully saturated rings. The molecular formula is C16H20Cl2N2. The molecule has 0 amide bonds. The first kappa shape index (κ1) is 16.7. The number of nitrogens with two attached hydrogens (primary N) is 1. The summed E-state index contributed by atoms with van der Waals surface area (Å²) >= 11 is 0. The minimum Gasteiger partial charge on any atom is -0.399 e. The van der Waals surface area contributed by atoms with E-state index in [-0.39, 0.29) is 24.8 Å². The zero-order valence-corrected chi connectivity index (χ0v) is 12.9. The Balaban J connectivity index is 0.000001000. The third-order valence-corrected chi connectivity index (χ3v) is 3.53. The van der Waals surface area contributed by atoms with Gasteiger partial charge in [0.2, 0.25) is 0 Å². The first-order chi connectivity index (χ1) is 8.83. The highest BCUT2D eigenvalue weighted by Crippen LogP contribution is 2.29. The van der Waals surface area contributed by atoms with E-state index in [0.717, 1.165) is 25.2 Å². The molecule has 1 heterocycles. The van der Waals surface area contributed by atoms with Gasteiger partial charge in [-0.1, -0.05) is 30.3 Å². The van der Waals surface area contributed by atoms with Gasteiger partial charge in [-0.25, -0.2) is 0 Å². The Morgan fingerprint density at radius 3 is 2.50 bits per heavy atom. The van der Waals surface area contributed by atoms with Crippen LogP contribution in [-0.4, -0.2) is 6.54 Å². The van der Waals surface area contributed by atoms with E-state index in [1.807, 2.05) is 6.07 Å². The van der Waals surface area contributed by atoms with E-state index in [9.17, 15) is 0 Å². The summed E-state index contributed by atoms with van der Waals surface area (Å²) in [6.07, 6.45) is 2.36. The van der Waals surface area contributed by atoms with Crippen LogP contribution in [-0.2, 0) is 13.0 Å². The van der Waals surface area contributed by atoms with Crippen LogP contribution in [0.2, 0.25) is 0 Å². The predicted octanol–water partition coefficient (Wildman–Crippen LogP) is 4.07. The summed E-state index contributed by atoms with van der Waals surface area (Å²) in [5.74, 6) is 0. The fourth-order valence-electron chi connectivity index (χ4n) is 2.66. The number of nitrogen functional groups attached to an aromatic ring is 1. The monoisotopic (exact) mass is 310 g/mol. The quantitative estimate of drug-likeness (QED) is 0.847. The molecule has 1 aliphatic heterocycles. The molecular weight excluding hydrogens is 291 g/mol. The Labute approximate surface area is 132 Å². The van der Waals surface area contributed by atoms with Crippen molar-refractivity contribution in [3.05, 3.63) is 59.7 Å². The predicted molar refractivity (Wildman–Crippen MR) is 91.2 cm³/mol. The number of hydrogen-bond acceptors (Lipinski definition) is 2. The minimum atomic E-state index is 0. The van der Waals surface area contributed by atoms with Gasteiger partial charge in [0.05, 0.1) is 0 Å². The van der Waals surface area contributed by atoms with Crippen LogP contribution in [0.4, 0.5) is 11.4 Å². The third-order valence-electron chi connectivity index (χ3n) is 3.53. The Bertz CT molecular complexity index is 543. The molecule has 108 valence electrons. The Hall–Kier alpha value is -1.38. The lowest BCUT2D eigenvalue weighted by Gasteiger charge is -2.31. The zero-order chi connectivity index (χ0) is 12.4. The van der Waals surface area contributed by atoms with Crippen molar-refractivity contribution in [2.45, 2.75) is 19.4 Å². The Morgan fingerprint density at radius 1 is 1.00 bits per heavy atom. The van der Waals surface area contributed by atoms with Crippen LogP contribution in [0.25, 0.3) is 0 Å². The maximum atomic E-state index is 5.86. The number of nitrogens with zero attached hydrogens (tertiary/aromatic N) is 1. The van der Waals surface area contributed by atoms with E-state index in [0.29, 0.717) is 0 Å². The molecule has 0 bridgehead atoms. The van der Waals surface area contributed by atoms with Crippen molar-refractivity contribution in [3.63, 3.8) is 0 Å². The van der Waals surface area contributed by atoms with Crippen molar-refractivity contribution in [1.82, 2.24) is 0 Å². The lowest BCUT2D eigenvalue weighted by Crippen LogP contribution is -2.28. The number of aryl methyl sites for hydroxylation is 1.